The van der Waals surface area contributed by atoms with Crippen LogP contribution in [0.25, 0.3) is 0 Å². The first-order valence-corrected chi connectivity index (χ1v) is 6.89. The predicted molar refractivity (Wildman–Crippen MR) is 61.9 cm³/mol. The van der Waals surface area contributed by atoms with Gasteiger partial charge in [0.15, 0.2) is 11.6 Å². The van der Waals surface area contributed by atoms with Crippen LogP contribution in [0.1, 0.15) is 26.1 Å². The molecule has 1 aromatic rings. The van der Waals surface area contributed by atoms with Gasteiger partial charge >= 0.3 is 0 Å². The van der Waals surface area contributed by atoms with Gasteiger partial charge in [-0.1, -0.05) is 6.92 Å². The smallest absolute Gasteiger partial charge is 0.270 e. The zero-order chi connectivity index (χ0) is 13.8. The van der Waals surface area contributed by atoms with E-state index in [9.17, 15) is 12.8 Å². The molecule has 1 rings (SSSR count). The SMILES string of the molecule is CC[C@H]([C@H](C)OCc1ncc(F)cn1)S(=O)(=O)O. The monoisotopic (exact) mass is 278 g/mol. The average Bonchev–Trinajstić information content (AvgIpc) is 2.27. The van der Waals surface area contributed by atoms with Crippen molar-refractivity contribution in [2.45, 2.75) is 38.2 Å². The Labute approximate surface area is 105 Å². The Hall–Kier alpha value is -1.12. The average molecular weight is 278 g/mol. The molecule has 0 radical (unpaired) electrons. The van der Waals surface area contributed by atoms with Gasteiger partial charge < -0.3 is 4.74 Å². The summed E-state index contributed by atoms with van der Waals surface area (Å²) in [7, 11) is -4.15. The summed E-state index contributed by atoms with van der Waals surface area (Å²) in [5.41, 5.74) is 0. The van der Waals surface area contributed by atoms with Gasteiger partial charge in [-0.25, -0.2) is 14.4 Å². The largest absolute Gasteiger partial charge is 0.369 e. The fourth-order valence-corrected chi connectivity index (χ4v) is 2.50. The molecule has 8 heteroatoms. The van der Waals surface area contributed by atoms with Gasteiger partial charge in [-0.2, -0.15) is 8.42 Å². The number of hydrogen-bond acceptors (Lipinski definition) is 5. The Balaban J connectivity index is 2.60. The van der Waals surface area contributed by atoms with Crippen LogP contribution in [-0.4, -0.2) is 34.3 Å². The standard InChI is InChI=1S/C10H15FN2O4S/c1-3-9(18(14,15)16)7(2)17-6-10-12-4-8(11)5-13-10/h4-5,7,9H,3,6H2,1-2H3,(H,14,15,16)/t7-,9+/m0/s1. The lowest BCUT2D eigenvalue weighted by molar-refractivity contribution is 0.0438. The maximum Gasteiger partial charge on any atom is 0.270 e. The fraction of sp³-hybridized carbons (Fsp3) is 0.600. The third kappa shape index (κ3) is 4.28. The summed E-state index contributed by atoms with van der Waals surface area (Å²) in [4.78, 5) is 7.35. The molecular weight excluding hydrogens is 263 g/mol. The van der Waals surface area contributed by atoms with Crippen LogP contribution in [0.5, 0.6) is 0 Å². The lowest BCUT2D eigenvalue weighted by Crippen LogP contribution is -2.33. The molecule has 18 heavy (non-hydrogen) atoms. The second-order valence-electron chi connectivity index (χ2n) is 3.80. The van der Waals surface area contributed by atoms with Crippen LogP contribution < -0.4 is 0 Å². The Bertz CT molecular complexity index is 477. The lowest BCUT2D eigenvalue weighted by atomic mass is 10.2. The molecule has 0 bridgehead atoms. The van der Waals surface area contributed by atoms with E-state index in [1.807, 2.05) is 0 Å². The minimum atomic E-state index is -4.15. The quantitative estimate of drug-likeness (QED) is 0.786. The van der Waals surface area contributed by atoms with Crippen LogP contribution in [0, 0.1) is 5.82 Å². The molecule has 1 N–H and O–H groups in total. The maximum atomic E-state index is 12.5. The van der Waals surface area contributed by atoms with Crippen LogP contribution >= 0.6 is 0 Å². The molecule has 1 aromatic heterocycles. The van der Waals surface area contributed by atoms with Crippen molar-refractivity contribution < 1.29 is 22.1 Å². The summed E-state index contributed by atoms with van der Waals surface area (Å²) in [6.07, 6.45) is 1.51. The predicted octanol–water partition coefficient (Wildman–Crippen LogP) is 1.19. The van der Waals surface area contributed by atoms with Crippen molar-refractivity contribution >= 4 is 10.1 Å². The van der Waals surface area contributed by atoms with E-state index in [1.54, 1.807) is 6.92 Å². The molecule has 0 fully saturated rings. The molecule has 0 saturated heterocycles. The zero-order valence-electron chi connectivity index (χ0n) is 10.1. The Morgan fingerprint density at radius 3 is 2.44 bits per heavy atom. The lowest BCUT2D eigenvalue weighted by Gasteiger charge is -2.19. The Morgan fingerprint density at radius 2 is 2.00 bits per heavy atom. The number of aromatic nitrogens is 2. The molecule has 0 aliphatic heterocycles. The van der Waals surface area contributed by atoms with Gasteiger partial charge in [0.05, 0.1) is 18.5 Å². The molecule has 2 atom stereocenters. The van der Waals surface area contributed by atoms with Crippen LogP contribution in [0.15, 0.2) is 12.4 Å². The summed E-state index contributed by atoms with van der Waals surface area (Å²) < 4.78 is 48.9. The van der Waals surface area contributed by atoms with E-state index < -0.39 is 27.3 Å². The van der Waals surface area contributed by atoms with E-state index in [2.05, 4.69) is 9.97 Å². The number of ether oxygens (including phenoxy) is 1. The number of rotatable bonds is 6. The summed E-state index contributed by atoms with van der Waals surface area (Å²) in [6.45, 7) is 3.12. The van der Waals surface area contributed by atoms with Crippen LogP contribution in [-0.2, 0) is 21.5 Å². The molecule has 6 nitrogen and oxygen atoms in total. The van der Waals surface area contributed by atoms with Crippen molar-refractivity contribution in [2.75, 3.05) is 0 Å². The molecule has 0 amide bonds. The first-order chi connectivity index (χ1) is 8.34. The van der Waals surface area contributed by atoms with Gasteiger partial charge in [0.2, 0.25) is 0 Å². The normalized spacial score (nSPS) is 15.3. The highest BCUT2D eigenvalue weighted by Crippen LogP contribution is 2.13. The van der Waals surface area contributed by atoms with E-state index in [4.69, 9.17) is 9.29 Å². The molecule has 0 aliphatic rings. The second-order valence-corrected chi connectivity index (χ2v) is 5.43. The van der Waals surface area contributed by atoms with Gasteiger partial charge in [0.25, 0.3) is 10.1 Å². The molecular formula is C10H15FN2O4S. The van der Waals surface area contributed by atoms with E-state index in [1.165, 1.54) is 6.92 Å². The van der Waals surface area contributed by atoms with Gasteiger partial charge in [0.1, 0.15) is 11.9 Å². The Kier molecular flexibility index (Phi) is 5.12. The molecule has 0 unspecified atom stereocenters. The van der Waals surface area contributed by atoms with Gasteiger partial charge in [0, 0.05) is 0 Å². The highest BCUT2D eigenvalue weighted by Gasteiger charge is 2.28. The van der Waals surface area contributed by atoms with Crippen molar-refractivity contribution in [1.29, 1.82) is 0 Å². The summed E-state index contributed by atoms with van der Waals surface area (Å²) in [6, 6.07) is 0. The van der Waals surface area contributed by atoms with Crippen LogP contribution in [0.2, 0.25) is 0 Å². The van der Waals surface area contributed by atoms with Crippen molar-refractivity contribution in [1.82, 2.24) is 9.97 Å². The summed E-state index contributed by atoms with van der Waals surface area (Å²) >= 11 is 0. The third-order valence-electron chi connectivity index (χ3n) is 2.46. The van der Waals surface area contributed by atoms with E-state index in [0.29, 0.717) is 0 Å². The van der Waals surface area contributed by atoms with Crippen molar-refractivity contribution in [3.8, 4) is 0 Å². The molecule has 0 aliphatic carbocycles. The maximum absolute atomic E-state index is 12.5. The zero-order valence-corrected chi connectivity index (χ0v) is 10.9. The first-order valence-electron chi connectivity index (χ1n) is 5.39. The van der Waals surface area contributed by atoms with E-state index in [-0.39, 0.29) is 18.9 Å². The topological polar surface area (TPSA) is 89.4 Å². The van der Waals surface area contributed by atoms with E-state index in [0.717, 1.165) is 12.4 Å². The number of halogens is 1. The Morgan fingerprint density at radius 1 is 1.44 bits per heavy atom. The number of nitrogens with zero attached hydrogens (tertiary/aromatic N) is 2. The number of hydrogen-bond donors (Lipinski definition) is 1. The summed E-state index contributed by atoms with van der Waals surface area (Å²) in [5, 5.41) is -1.00. The highest BCUT2D eigenvalue weighted by atomic mass is 32.2. The minimum absolute atomic E-state index is 0.0481. The first kappa shape index (κ1) is 14.9. The molecule has 0 spiro atoms. The molecule has 0 saturated carbocycles. The van der Waals surface area contributed by atoms with Crippen LogP contribution in [0.3, 0.4) is 0 Å². The van der Waals surface area contributed by atoms with Crippen molar-refractivity contribution in [3.63, 3.8) is 0 Å². The highest BCUT2D eigenvalue weighted by molar-refractivity contribution is 7.86. The minimum Gasteiger partial charge on any atom is -0.369 e. The molecule has 0 aromatic carbocycles. The third-order valence-corrected chi connectivity index (χ3v) is 3.94. The van der Waals surface area contributed by atoms with Crippen LogP contribution in [0.4, 0.5) is 4.39 Å². The second kappa shape index (κ2) is 6.17. The summed E-state index contributed by atoms with van der Waals surface area (Å²) in [5.74, 6) is -0.315. The fourth-order valence-electron chi connectivity index (χ4n) is 1.51. The van der Waals surface area contributed by atoms with E-state index >= 15 is 0 Å². The van der Waals surface area contributed by atoms with Crippen molar-refractivity contribution in [2.24, 2.45) is 0 Å². The van der Waals surface area contributed by atoms with Gasteiger partial charge in [-0.05, 0) is 13.3 Å². The van der Waals surface area contributed by atoms with Gasteiger partial charge in [-0.3, -0.25) is 4.55 Å². The van der Waals surface area contributed by atoms with Crippen molar-refractivity contribution in [3.05, 3.63) is 24.0 Å². The molecule has 1 heterocycles. The molecule has 102 valence electrons. The van der Waals surface area contributed by atoms with Gasteiger partial charge in [-0.15, -0.1) is 0 Å².